The summed E-state index contributed by atoms with van der Waals surface area (Å²) in [7, 11) is 0. The van der Waals surface area contributed by atoms with Crippen molar-refractivity contribution in [3.8, 4) is 10.6 Å². The molecule has 0 aliphatic heterocycles. The van der Waals surface area contributed by atoms with Crippen LogP contribution in [0.5, 0.6) is 0 Å². The molecule has 1 aromatic carbocycles. The van der Waals surface area contributed by atoms with Crippen molar-refractivity contribution in [3.63, 3.8) is 0 Å². The number of alkyl halides is 3. The maximum absolute atomic E-state index is 12.7. The third-order valence-electron chi connectivity index (χ3n) is 5.89. The molecule has 0 unspecified atom stereocenters. The molecule has 0 spiro atoms. The fraction of sp³-hybridized carbons (Fsp3) is 0.500. The molecule has 1 fully saturated rings. The summed E-state index contributed by atoms with van der Waals surface area (Å²) in [5, 5.41) is 27.1. The number of hydrogen-bond acceptors (Lipinski definition) is 8. The van der Waals surface area contributed by atoms with Crippen LogP contribution in [0.3, 0.4) is 0 Å². The van der Waals surface area contributed by atoms with Crippen LogP contribution in [0.15, 0.2) is 24.3 Å². The smallest absolute Gasteiger partial charge is 0.391 e. The van der Waals surface area contributed by atoms with Gasteiger partial charge >= 0.3 is 6.18 Å². The number of nitrogens with zero attached hydrogens (tertiary/aromatic N) is 3. The minimum atomic E-state index is -4.42. The Morgan fingerprint density at radius 1 is 1.12 bits per heavy atom. The van der Waals surface area contributed by atoms with Crippen LogP contribution in [0.2, 0.25) is 0 Å². The van der Waals surface area contributed by atoms with E-state index < -0.39 is 30.5 Å². The molecule has 4 rings (SSSR count). The molecule has 2 heterocycles. The summed E-state index contributed by atoms with van der Waals surface area (Å²) in [5.74, 6) is -0.00273. The van der Waals surface area contributed by atoms with Crippen molar-refractivity contribution in [3.05, 3.63) is 30.0 Å². The molecule has 1 aliphatic carbocycles. The lowest BCUT2D eigenvalue weighted by Gasteiger charge is -2.25. The second-order valence-electron chi connectivity index (χ2n) is 8.95. The van der Waals surface area contributed by atoms with E-state index in [1.165, 1.54) is 11.3 Å². The van der Waals surface area contributed by atoms with Gasteiger partial charge in [0, 0.05) is 0 Å². The zero-order valence-corrected chi connectivity index (χ0v) is 19.3. The first kappa shape index (κ1) is 23.7. The van der Waals surface area contributed by atoms with E-state index in [0.717, 1.165) is 10.2 Å². The quantitative estimate of drug-likeness (QED) is 0.415. The number of aromatic nitrogens is 3. The van der Waals surface area contributed by atoms with Gasteiger partial charge in [-0.25, -0.2) is 9.97 Å². The van der Waals surface area contributed by atoms with Crippen LogP contribution in [-0.2, 0) is 0 Å². The number of thiazole rings is 1. The summed E-state index contributed by atoms with van der Waals surface area (Å²) in [5.41, 5.74) is 0.870. The number of aliphatic hydroxyl groups is 2. The van der Waals surface area contributed by atoms with Crippen molar-refractivity contribution in [2.24, 2.45) is 5.92 Å². The summed E-state index contributed by atoms with van der Waals surface area (Å²) in [6.45, 7) is 3.83. The van der Waals surface area contributed by atoms with Crippen molar-refractivity contribution >= 4 is 33.3 Å². The predicted octanol–water partition coefficient (Wildman–Crippen LogP) is 4.36. The standard InChI is InChI=1S/C22H26F3N5O2S/c1-11-17(19-29-13-6-4-5-7-16(13)33-19)18(30-20(27-11)26-10-22(23,24)25)28-14-8-12(9-15(14)31)21(2,3)32/h4-7,12,14-15,31-32H,8-10H2,1-3H3,(H2,26,27,28,30)/t12-,14+,15+/m0/s1. The van der Waals surface area contributed by atoms with Gasteiger partial charge in [0.25, 0.3) is 0 Å². The number of aliphatic hydroxyl groups excluding tert-OH is 1. The third-order valence-corrected chi connectivity index (χ3v) is 6.95. The minimum Gasteiger partial charge on any atom is -0.391 e. The van der Waals surface area contributed by atoms with Crippen molar-refractivity contribution in [1.82, 2.24) is 15.0 Å². The first-order chi connectivity index (χ1) is 15.4. The van der Waals surface area contributed by atoms with Crippen molar-refractivity contribution in [2.45, 2.75) is 57.5 Å². The molecular formula is C22H26F3N5O2S. The summed E-state index contributed by atoms with van der Waals surface area (Å²) >= 11 is 1.43. The monoisotopic (exact) mass is 481 g/mol. The summed E-state index contributed by atoms with van der Waals surface area (Å²) in [6.07, 6.45) is -4.27. The van der Waals surface area contributed by atoms with E-state index in [1.807, 2.05) is 24.3 Å². The van der Waals surface area contributed by atoms with E-state index in [2.05, 4.69) is 25.6 Å². The van der Waals surface area contributed by atoms with Crippen LogP contribution in [0.1, 0.15) is 32.4 Å². The Hall–Kier alpha value is -2.50. The van der Waals surface area contributed by atoms with Crippen LogP contribution in [0.25, 0.3) is 20.8 Å². The number of aryl methyl sites for hydroxylation is 1. The zero-order valence-electron chi connectivity index (χ0n) is 18.4. The number of anilines is 2. The Bertz CT molecular complexity index is 1110. The molecule has 1 saturated carbocycles. The van der Waals surface area contributed by atoms with Gasteiger partial charge < -0.3 is 20.8 Å². The Morgan fingerprint density at radius 2 is 1.85 bits per heavy atom. The highest BCUT2D eigenvalue weighted by Gasteiger charge is 2.40. The van der Waals surface area contributed by atoms with E-state index in [0.29, 0.717) is 34.9 Å². The molecule has 0 amide bonds. The van der Waals surface area contributed by atoms with E-state index in [4.69, 9.17) is 0 Å². The lowest BCUT2D eigenvalue weighted by molar-refractivity contribution is -0.115. The van der Waals surface area contributed by atoms with Crippen molar-refractivity contribution < 1.29 is 23.4 Å². The van der Waals surface area contributed by atoms with E-state index in [1.54, 1.807) is 20.8 Å². The van der Waals surface area contributed by atoms with Crippen LogP contribution in [0, 0.1) is 12.8 Å². The molecule has 2 aromatic heterocycles. The molecule has 1 aliphatic rings. The lowest BCUT2D eigenvalue weighted by Crippen LogP contribution is -2.31. The van der Waals surface area contributed by atoms with Crippen LogP contribution >= 0.6 is 11.3 Å². The normalized spacial score (nSPS) is 21.5. The molecule has 33 heavy (non-hydrogen) atoms. The van der Waals surface area contributed by atoms with Crippen LogP contribution in [-0.4, -0.2) is 55.6 Å². The summed E-state index contributed by atoms with van der Waals surface area (Å²) < 4.78 is 39.2. The van der Waals surface area contributed by atoms with Crippen LogP contribution < -0.4 is 10.6 Å². The SMILES string of the molecule is Cc1nc(NCC(F)(F)F)nc(N[C@@H]2C[C@H](C(C)(C)O)C[C@H]2O)c1-c1nc2ccccc2s1. The number of para-hydroxylation sites is 1. The van der Waals surface area contributed by atoms with Gasteiger partial charge in [-0.3, -0.25) is 0 Å². The molecule has 4 N–H and O–H groups in total. The highest BCUT2D eigenvalue weighted by atomic mass is 32.1. The summed E-state index contributed by atoms with van der Waals surface area (Å²) in [4.78, 5) is 13.2. The Morgan fingerprint density at radius 3 is 2.48 bits per heavy atom. The van der Waals surface area contributed by atoms with Crippen molar-refractivity contribution in [2.75, 3.05) is 17.2 Å². The molecule has 0 saturated heterocycles. The van der Waals surface area contributed by atoms with E-state index >= 15 is 0 Å². The fourth-order valence-corrected chi connectivity index (χ4v) is 5.16. The number of benzene rings is 1. The number of hydrogen-bond donors (Lipinski definition) is 4. The van der Waals surface area contributed by atoms with Gasteiger partial charge in [0.05, 0.1) is 39.2 Å². The number of fused-ring (bicyclic) bond motifs is 1. The number of halogens is 3. The zero-order chi connectivity index (χ0) is 24.0. The molecule has 3 aromatic rings. The highest BCUT2D eigenvalue weighted by molar-refractivity contribution is 7.21. The average Bonchev–Trinajstić information content (AvgIpc) is 3.29. The second-order valence-corrected chi connectivity index (χ2v) is 9.98. The number of rotatable bonds is 6. The maximum Gasteiger partial charge on any atom is 0.405 e. The predicted molar refractivity (Wildman–Crippen MR) is 122 cm³/mol. The van der Waals surface area contributed by atoms with Gasteiger partial charge in [-0.05, 0) is 51.7 Å². The largest absolute Gasteiger partial charge is 0.405 e. The van der Waals surface area contributed by atoms with Crippen molar-refractivity contribution in [1.29, 1.82) is 0 Å². The van der Waals surface area contributed by atoms with Gasteiger partial charge in [0.1, 0.15) is 17.4 Å². The van der Waals surface area contributed by atoms with E-state index in [9.17, 15) is 23.4 Å². The van der Waals surface area contributed by atoms with E-state index in [-0.39, 0.29) is 11.9 Å². The van der Waals surface area contributed by atoms with Crippen LogP contribution in [0.4, 0.5) is 24.9 Å². The average molecular weight is 482 g/mol. The molecule has 7 nitrogen and oxygen atoms in total. The molecule has 0 bridgehead atoms. The molecule has 3 atom stereocenters. The molecule has 0 radical (unpaired) electrons. The Balaban J connectivity index is 1.72. The maximum atomic E-state index is 12.7. The Labute approximate surface area is 193 Å². The van der Waals surface area contributed by atoms with Gasteiger partial charge in [-0.15, -0.1) is 11.3 Å². The topological polar surface area (TPSA) is 103 Å². The Kier molecular flexibility index (Phi) is 6.23. The second kappa shape index (κ2) is 8.69. The minimum absolute atomic E-state index is 0.137. The first-order valence-corrected chi connectivity index (χ1v) is 11.4. The van der Waals surface area contributed by atoms with Gasteiger partial charge in [-0.2, -0.15) is 18.2 Å². The highest BCUT2D eigenvalue weighted by Crippen LogP contribution is 2.39. The van der Waals surface area contributed by atoms with Gasteiger partial charge in [0.2, 0.25) is 5.95 Å². The van der Waals surface area contributed by atoms with Gasteiger partial charge in [0.15, 0.2) is 0 Å². The fourth-order valence-electron chi connectivity index (χ4n) is 4.09. The third kappa shape index (κ3) is 5.36. The lowest BCUT2D eigenvalue weighted by atomic mass is 9.89. The summed E-state index contributed by atoms with van der Waals surface area (Å²) in [6, 6.07) is 7.17. The molecular weight excluding hydrogens is 455 g/mol. The first-order valence-electron chi connectivity index (χ1n) is 10.6. The number of nitrogens with one attached hydrogen (secondary N) is 2. The molecule has 178 valence electrons. The molecule has 11 heteroatoms. The van der Waals surface area contributed by atoms with Gasteiger partial charge in [-0.1, -0.05) is 12.1 Å².